The minimum absolute atomic E-state index is 0.0250. The monoisotopic (exact) mass is 431 g/mol. The van der Waals surface area contributed by atoms with Gasteiger partial charge >= 0.3 is 5.97 Å². The van der Waals surface area contributed by atoms with Crippen molar-refractivity contribution in [3.05, 3.63) is 61.0 Å². The summed E-state index contributed by atoms with van der Waals surface area (Å²) in [6, 6.07) is 9.41. The summed E-state index contributed by atoms with van der Waals surface area (Å²) >= 11 is 7.57. The quantitative estimate of drug-likeness (QED) is 0.544. The number of nitrogens with zero attached hydrogens (tertiary/aromatic N) is 1. The van der Waals surface area contributed by atoms with E-state index in [2.05, 4.69) is 31.9 Å². The van der Waals surface area contributed by atoms with Crippen LogP contribution in [-0.2, 0) is 0 Å². The van der Waals surface area contributed by atoms with Crippen LogP contribution in [0.2, 0.25) is 0 Å². The number of nitro benzene ring substituents is 1. The van der Waals surface area contributed by atoms with Gasteiger partial charge in [-0.25, -0.2) is 4.79 Å². The predicted molar refractivity (Wildman–Crippen MR) is 86.0 cm³/mol. The van der Waals surface area contributed by atoms with Crippen LogP contribution in [0.5, 0.6) is 0 Å². The third kappa shape index (κ3) is 3.84. The topological polar surface area (TPSA) is 80.4 Å². The molecule has 0 aliphatic rings. The molecule has 2 aromatic rings. The zero-order valence-corrected chi connectivity index (χ0v) is 14.2. The van der Waals surface area contributed by atoms with Gasteiger partial charge < -0.3 is 5.11 Å². The molecule has 0 amide bonds. The molecule has 0 bridgehead atoms. The maximum atomic E-state index is 11.1. The summed E-state index contributed by atoms with van der Waals surface area (Å²) in [5, 5.41) is 20.1. The van der Waals surface area contributed by atoms with Crippen molar-refractivity contribution in [2.24, 2.45) is 0 Å². The number of benzene rings is 2. The van der Waals surface area contributed by atoms with E-state index in [1.165, 1.54) is 12.1 Å². The number of carboxylic acids is 1. The lowest BCUT2D eigenvalue weighted by Crippen LogP contribution is -1.97. The van der Waals surface area contributed by atoms with Crippen LogP contribution in [0, 0.1) is 10.1 Å². The van der Waals surface area contributed by atoms with Gasteiger partial charge in [0, 0.05) is 19.9 Å². The smallest absolute Gasteiger partial charge is 0.336 e. The molecule has 0 aromatic heterocycles. The highest BCUT2D eigenvalue weighted by Gasteiger charge is 2.16. The van der Waals surface area contributed by atoms with Crippen LogP contribution in [0.4, 0.5) is 5.69 Å². The van der Waals surface area contributed by atoms with Gasteiger partial charge in [-0.15, -0.1) is 0 Å². The highest BCUT2D eigenvalue weighted by Crippen LogP contribution is 2.37. The molecule has 0 spiro atoms. The Hall–Kier alpha value is -1.38. The van der Waals surface area contributed by atoms with Crippen molar-refractivity contribution in [2.75, 3.05) is 0 Å². The molecule has 0 aliphatic carbocycles. The summed E-state index contributed by atoms with van der Waals surface area (Å²) in [6.07, 6.45) is 0. The van der Waals surface area contributed by atoms with Gasteiger partial charge in [0.15, 0.2) is 0 Å². The minimum atomic E-state index is -1.06. The van der Waals surface area contributed by atoms with Crippen molar-refractivity contribution in [1.82, 2.24) is 0 Å². The fourth-order valence-electron chi connectivity index (χ4n) is 1.58. The molecular weight excluding hydrogens is 426 g/mol. The number of nitro groups is 1. The summed E-state index contributed by atoms with van der Waals surface area (Å²) in [7, 11) is 0. The summed E-state index contributed by atoms with van der Waals surface area (Å²) in [4.78, 5) is 22.7. The molecule has 0 atom stereocenters. The summed E-state index contributed by atoms with van der Waals surface area (Å²) in [5.41, 5.74) is 0.0839. The van der Waals surface area contributed by atoms with E-state index in [0.717, 1.165) is 11.8 Å². The first-order valence-corrected chi connectivity index (χ1v) is 7.93. The Balaban J connectivity index is 2.43. The fraction of sp³-hybridized carbons (Fsp3) is 0. The van der Waals surface area contributed by atoms with Gasteiger partial charge in [0.2, 0.25) is 0 Å². The Bertz CT molecular complexity index is 736. The van der Waals surface area contributed by atoms with Crippen LogP contribution in [0.15, 0.2) is 55.1 Å². The van der Waals surface area contributed by atoms with E-state index in [1.807, 2.05) is 0 Å². The van der Waals surface area contributed by atoms with Crippen LogP contribution < -0.4 is 0 Å². The Morgan fingerprint density at radius 3 is 2.52 bits per heavy atom. The molecule has 2 rings (SSSR count). The van der Waals surface area contributed by atoms with Crippen LogP contribution >= 0.6 is 43.6 Å². The zero-order chi connectivity index (χ0) is 15.6. The van der Waals surface area contributed by atoms with Gasteiger partial charge in [0.25, 0.3) is 5.69 Å². The number of halogens is 2. The average Bonchev–Trinajstić information content (AvgIpc) is 2.40. The van der Waals surface area contributed by atoms with E-state index in [9.17, 15) is 14.9 Å². The van der Waals surface area contributed by atoms with Crippen LogP contribution in [0.3, 0.4) is 0 Å². The van der Waals surface area contributed by atoms with Crippen molar-refractivity contribution in [2.45, 2.75) is 9.79 Å². The molecule has 8 heteroatoms. The standard InChI is InChI=1S/C13H7Br2NO4S/c14-7-1-4-11(16(19)20)12(5-7)21-8-2-3-10(15)9(6-8)13(17)18/h1-6H,(H,17,18). The van der Waals surface area contributed by atoms with Gasteiger partial charge in [-0.05, 0) is 46.3 Å². The van der Waals surface area contributed by atoms with E-state index in [0.29, 0.717) is 18.7 Å². The van der Waals surface area contributed by atoms with Crippen molar-refractivity contribution in [3.8, 4) is 0 Å². The molecule has 0 unspecified atom stereocenters. The molecule has 0 heterocycles. The Morgan fingerprint density at radius 1 is 1.19 bits per heavy atom. The van der Waals surface area contributed by atoms with E-state index in [4.69, 9.17) is 5.11 Å². The van der Waals surface area contributed by atoms with Gasteiger partial charge in [-0.3, -0.25) is 10.1 Å². The average molecular weight is 433 g/mol. The Labute approximate surface area is 140 Å². The first-order valence-electron chi connectivity index (χ1n) is 5.53. The van der Waals surface area contributed by atoms with E-state index < -0.39 is 10.9 Å². The molecule has 108 valence electrons. The van der Waals surface area contributed by atoms with Crippen molar-refractivity contribution in [1.29, 1.82) is 0 Å². The van der Waals surface area contributed by atoms with Crippen LogP contribution in [-0.4, -0.2) is 16.0 Å². The number of aromatic carboxylic acids is 1. The second-order valence-corrected chi connectivity index (χ2v) is 6.80. The van der Waals surface area contributed by atoms with E-state index in [1.54, 1.807) is 24.3 Å². The van der Waals surface area contributed by atoms with Crippen LogP contribution in [0.25, 0.3) is 0 Å². The van der Waals surface area contributed by atoms with Crippen molar-refractivity contribution >= 4 is 55.3 Å². The fourth-order valence-corrected chi connectivity index (χ4v) is 3.51. The Kier molecular flexibility index (Phi) is 5.02. The third-order valence-corrected chi connectivity index (χ3v) is 4.74. The molecule has 2 aromatic carbocycles. The molecule has 0 saturated heterocycles. The van der Waals surface area contributed by atoms with Gasteiger partial charge in [-0.2, -0.15) is 0 Å². The van der Waals surface area contributed by atoms with E-state index in [-0.39, 0.29) is 11.3 Å². The maximum Gasteiger partial charge on any atom is 0.336 e. The molecule has 0 fully saturated rings. The first kappa shape index (κ1) is 16.0. The highest BCUT2D eigenvalue weighted by atomic mass is 79.9. The molecule has 0 aliphatic heterocycles. The summed E-state index contributed by atoms with van der Waals surface area (Å²) in [5.74, 6) is -1.06. The molecule has 0 radical (unpaired) electrons. The molecule has 21 heavy (non-hydrogen) atoms. The molecule has 0 saturated carbocycles. The minimum Gasteiger partial charge on any atom is -0.478 e. The Morgan fingerprint density at radius 2 is 1.90 bits per heavy atom. The van der Waals surface area contributed by atoms with Gasteiger partial charge in [0.05, 0.1) is 15.4 Å². The lowest BCUT2D eigenvalue weighted by Gasteiger charge is -2.06. The lowest BCUT2D eigenvalue weighted by atomic mass is 10.2. The third-order valence-electron chi connectivity index (χ3n) is 2.51. The largest absolute Gasteiger partial charge is 0.478 e. The van der Waals surface area contributed by atoms with E-state index >= 15 is 0 Å². The normalized spacial score (nSPS) is 10.4. The molecule has 5 nitrogen and oxygen atoms in total. The van der Waals surface area contributed by atoms with Gasteiger partial charge in [0.1, 0.15) is 0 Å². The van der Waals surface area contributed by atoms with Gasteiger partial charge in [-0.1, -0.05) is 27.7 Å². The van der Waals surface area contributed by atoms with Crippen molar-refractivity contribution < 1.29 is 14.8 Å². The summed E-state index contributed by atoms with van der Waals surface area (Å²) in [6.45, 7) is 0. The number of hydrogen-bond donors (Lipinski definition) is 1. The molecular formula is C13H7Br2NO4S. The predicted octanol–water partition coefficient (Wildman–Crippen LogP) is 4.97. The SMILES string of the molecule is O=C(O)c1cc(Sc2cc(Br)ccc2[N+](=O)[O-])ccc1Br. The number of hydrogen-bond acceptors (Lipinski definition) is 4. The zero-order valence-electron chi connectivity index (χ0n) is 10.2. The summed E-state index contributed by atoms with van der Waals surface area (Å²) < 4.78 is 1.18. The second-order valence-electron chi connectivity index (χ2n) is 3.92. The van der Waals surface area contributed by atoms with Crippen molar-refractivity contribution in [3.63, 3.8) is 0 Å². The maximum absolute atomic E-state index is 11.1. The number of carboxylic acid groups (broad SMARTS) is 1. The van der Waals surface area contributed by atoms with Crippen LogP contribution in [0.1, 0.15) is 10.4 Å². The molecule has 1 N–H and O–H groups in total. The first-order chi connectivity index (χ1) is 9.88. The second kappa shape index (κ2) is 6.59. The number of rotatable bonds is 4. The lowest BCUT2D eigenvalue weighted by molar-refractivity contribution is -0.387. The highest BCUT2D eigenvalue weighted by molar-refractivity contribution is 9.10. The number of carbonyl (C=O) groups is 1.